The van der Waals surface area contributed by atoms with E-state index >= 15 is 0 Å². The van der Waals surface area contributed by atoms with Crippen molar-refractivity contribution in [2.24, 2.45) is 5.73 Å². The second kappa shape index (κ2) is 17.5. The van der Waals surface area contributed by atoms with Crippen molar-refractivity contribution in [3.63, 3.8) is 0 Å². The summed E-state index contributed by atoms with van der Waals surface area (Å²) >= 11 is 6.11. The van der Waals surface area contributed by atoms with Gasteiger partial charge < -0.3 is 21.3 Å². The highest BCUT2D eigenvalue weighted by Gasteiger charge is 2.12. The van der Waals surface area contributed by atoms with E-state index in [1.165, 1.54) is 28.4 Å². The Hall–Kier alpha value is -6.51. The maximum atomic E-state index is 13.6. The third-order valence-corrected chi connectivity index (χ3v) is 8.55. The molecular weight excluding hydrogens is 726 g/mol. The van der Waals surface area contributed by atoms with Crippen molar-refractivity contribution in [3.8, 4) is 34.0 Å². The molecule has 55 heavy (non-hydrogen) atoms. The number of fused-ring (bicyclic) bond motifs is 2. The number of hydrogen-bond acceptors (Lipinski definition) is 10. The maximum absolute atomic E-state index is 13.6. The van der Waals surface area contributed by atoms with Crippen molar-refractivity contribution in [1.29, 1.82) is 0 Å². The molecule has 280 valence electrons. The van der Waals surface area contributed by atoms with E-state index in [9.17, 15) is 13.9 Å². The van der Waals surface area contributed by atoms with E-state index in [0.29, 0.717) is 57.8 Å². The number of aromatic hydroxyl groups is 2. The monoisotopic (exact) mass is 762 g/mol. The van der Waals surface area contributed by atoms with E-state index in [2.05, 4.69) is 35.5 Å². The molecule has 0 amide bonds. The molecule has 0 bridgehead atoms. The SMILES string of the molecule is Cc1cnn2c(Cl)cc(-c3cncc(F)c3)nc12.Cc1cnn2c(NCCc3ccc(O)cc3)cc(-c3cncc(F)c3)nc12.NCCc1ccc(O)cc1. The maximum Gasteiger partial charge on any atom is 0.160 e. The first-order valence-corrected chi connectivity index (χ1v) is 17.5. The summed E-state index contributed by atoms with van der Waals surface area (Å²) in [6.07, 6.45) is 10.5. The van der Waals surface area contributed by atoms with Crippen molar-refractivity contribution in [2.45, 2.75) is 26.7 Å². The van der Waals surface area contributed by atoms with Gasteiger partial charge in [0.1, 0.15) is 34.1 Å². The van der Waals surface area contributed by atoms with Crippen LogP contribution in [0, 0.1) is 25.5 Å². The number of aromatic nitrogens is 8. The van der Waals surface area contributed by atoms with Crippen LogP contribution in [0.5, 0.6) is 11.5 Å². The van der Waals surface area contributed by atoms with Crippen molar-refractivity contribution < 1.29 is 19.0 Å². The minimum absolute atomic E-state index is 0.253. The first-order valence-electron chi connectivity index (χ1n) is 17.2. The average Bonchev–Trinajstić information content (AvgIpc) is 3.76. The summed E-state index contributed by atoms with van der Waals surface area (Å²) in [6.45, 7) is 5.15. The van der Waals surface area contributed by atoms with Gasteiger partial charge in [-0.25, -0.2) is 23.3 Å². The first kappa shape index (κ1) is 38.2. The van der Waals surface area contributed by atoms with E-state index in [1.807, 2.05) is 44.2 Å². The molecule has 0 atom stereocenters. The number of rotatable bonds is 8. The van der Waals surface area contributed by atoms with E-state index < -0.39 is 11.6 Å². The molecule has 6 heterocycles. The molecule has 0 aliphatic carbocycles. The fraction of sp³-hybridized carbons (Fsp3) is 0.150. The van der Waals surface area contributed by atoms with Crippen LogP contribution in [-0.2, 0) is 12.8 Å². The smallest absolute Gasteiger partial charge is 0.160 e. The molecule has 15 heteroatoms. The lowest BCUT2D eigenvalue weighted by atomic mass is 10.1. The quantitative estimate of drug-likeness (QED) is 0.115. The molecule has 0 aliphatic heterocycles. The molecule has 6 aromatic heterocycles. The third kappa shape index (κ3) is 9.73. The highest BCUT2D eigenvalue weighted by atomic mass is 35.5. The molecule has 0 radical (unpaired) electrons. The third-order valence-electron chi connectivity index (χ3n) is 8.28. The number of pyridine rings is 2. The van der Waals surface area contributed by atoms with Gasteiger partial charge in [-0.1, -0.05) is 35.9 Å². The number of nitrogens with zero attached hydrogens (tertiary/aromatic N) is 8. The Kier molecular flexibility index (Phi) is 12.2. The van der Waals surface area contributed by atoms with Crippen molar-refractivity contribution in [3.05, 3.63) is 149 Å². The predicted octanol–water partition coefficient (Wildman–Crippen LogP) is 7.38. The van der Waals surface area contributed by atoms with Gasteiger partial charge in [0.2, 0.25) is 0 Å². The molecule has 12 nitrogen and oxygen atoms in total. The van der Waals surface area contributed by atoms with Gasteiger partial charge >= 0.3 is 0 Å². The number of anilines is 1. The van der Waals surface area contributed by atoms with Crippen LogP contribution in [0.1, 0.15) is 22.3 Å². The number of benzene rings is 2. The number of nitrogens with two attached hydrogens (primary N) is 1. The summed E-state index contributed by atoms with van der Waals surface area (Å²) in [6, 6.07) is 20.5. The van der Waals surface area contributed by atoms with Gasteiger partial charge in [0, 0.05) is 53.3 Å². The van der Waals surface area contributed by atoms with Crippen molar-refractivity contribution in [2.75, 3.05) is 18.4 Å². The minimum Gasteiger partial charge on any atom is -0.508 e. The minimum atomic E-state index is -0.407. The Morgan fingerprint density at radius 3 is 1.67 bits per heavy atom. The molecule has 0 saturated carbocycles. The Morgan fingerprint density at radius 2 is 1.15 bits per heavy atom. The highest BCUT2D eigenvalue weighted by molar-refractivity contribution is 6.30. The topological polar surface area (TPSA) is 165 Å². The van der Waals surface area contributed by atoms with Crippen LogP contribution in [0.2, 0.25) is 5.15 Å². The summed E-state index contributed by atoms with van der Waals surface area (Å²) < 4.78 is 30.0. The lowest BCUT2D eigenvalue weighted by molar-refractivity contribution is 0.474. The zero-order chi connectivity index (χ0) is 38.9. The van der Waals surface area contributed by atoms with Gasteiger partial charge in [-0.15, -0.1) is 0 Å². The molecule has 0 unspecified atom stereocenters. The molecule has 0 spiro atoms. The molecule has 0 aliphatic rings. The fourth-order valence-corrected chi connectivity index (χ4v) is 5.69. The van der Waals surface area contributed by atoms with Crippen LogP contribution >= 0.6 is 11.6 Å². The Labute approximate surface area is 320 Å². The summed E-state index contributed by atoms with van der Waals surface area (Å²) in [5.74, 6) is 0.520. The summed E-state index contributed by atoms with van der Waals surface area (Å²) in [7, 11) is 0. The zero-order valence-corrected chi connectivity index (χ0v) is 30.7. The second-order valence-electron chi connectivity index (χ2n) is 12.4. The lowest BCUT2D eigenvalue weighted by Gasteiger charge is -2.11. The van der Waals surface area contributed by atoms with Gasteiger partial charge in [-0.2, -0.15) is 14.7 Å². The van der Waals surface area contributed by atoms with Gasteiger partial charge in [-0.05, 0) is 80.8 Å². The van der Waals surface area contributed by atoms with Gasteiger partial charge in [0.25, 0.3) is 0 Å². The Bertz CT molecular complexity index is 2530. The average molecular weight is 763 g/mol. The first-order chi connectivity index (χ1) is 26.6. The summed E-state index contributed by atoms with van der Waals surface area (Å²) in [5, 5.41) is 30.5. The number of aryl methyl sites for hydroxylation is 2. The van der Waals surface area contributed by atoms with E-state index in [4.69, 9.17) is 22.4 Å². The van der Waals surface area contributed by atoms with Crippen LogP contribution in [0.15, 0.2) is 110 Å². The van der Waals surface area contributed by atoms with Crippen molar-refractivity contribution >= 4 is 28.7 Å². The highest BCUT2D eigenvalue weighted by Crippen LogP contribution is 2.25. The Balaban J connectivity index is 0.000000157. The molecule has 2 aromatic carbocycles. The van der Waals surface area contributed by atoms with Gasteiger partial charge in [0.15, 0.2) is 11.3 Å². The van der Waals surface area contributed by atoms with Crippen LogP contribution in [0.25, 0.3) is 33.8 Å². The largest absolute Gasteiger partial charge is 0.508 e. The molecule has 8 rings (SSSR count). The molecule has 0 saturated heterocycles. The van der Waals surface area contributed by atoms with Gasteiger partial charge in [0.05, 0.1) is 36.2 Å². The van der Waals surface area contributed by atoms with Crippen LogP contribution < -0.4 is 11.1 Å². The predicted molar refractivity (Wildman–Crippen MR) is 208 cm³/mol. The number of phenols is 2. The molecule has 0 fully saturated rings. The number of halogens is 3. The van der Waals surface area contributed by atoms with Crippen LogP contribution in [0.3, 0.4) is 0 Å². The Morgan fingerprint density at radius 1 is 0.655 bits per heavy atom. The summed E-state index contributed by atoms with van der Waals surface area (Å²) in [4.78, 5) is 16.7. The number of nitrogens with one attached hydrogen (secondary N) is 1. The van der Waals surface area contributed by atoms with E-state index in [1.54, 1.807) is 59.6 Å². The van der Waals surface area contributed by atoms with Crippen LogP contribution in [0.4, 0.5) is 14.6 Å². The standard InChI is InChI=1S/C20H18FN5O.C12H8ClFN4.C8H11NO/c1-13-10-24-26-19(23-7-6-14-2-4-17(27)5-3-14)9-18(25-20(13)26)15-8-16(21)12-22-11-15;1-7-4-16-18-11(13)3-10(17-12(7)18)8-2-9(14)6-15-5-8;9-6-5-7-1-3-8(10)4-2-7/h2-5,8-12,23,27H,6-7H2,1H3;2-6H,1H3;1-4,10H,5-6,9H2. The number of hydrogen-bond donors (Lipinski definition) is 4. The van der Waals surface area contributed by atoms with E-state index in [-0.39, 0.29) is 5.75 Å². The fourth-order valence-electron chi connectivity index (χ4n) is 5.46. The lowest BCUT2D eigenvalue weighted by Crippen LogP contribution is -2.10. The van der Waals surface area contributed by atoms with Crippen molar-refractivity contribution in [1.82, 2.24) is 39.2 Å². The molecular formula is C40H37ClF2N10O2. The zero-order valence-electron chi connectivity index (χ0n) is 29.9. The second-order valence-corrected chi connectivity index (χ2v) is 12.8. The summed E-state index contributed by atoms with van der Waals surface area (Å²) in [5.41, 5.74) is 13.2. The number of phenolic OH excluding ortho intramolecular Hbond substituents is 2. The normalized spacial score (nSPS) is 10.8. The van der Waals surface area contributed by atoms with Gasteiger partial charge in [-0.3, -0.25) is 9.97 Å². The molecule has 5 N–H and O–H groups in total. The van der Waals surface area contributed by atoms with E-state index in [0.717, 1.165) is 41.5 Å². The van der Waals surface area contributed by atoms with Crippen LogP contribution in [-0.4, -0.2) is 62.5 Å². The molecule has 8 aromatic rings.